The number of benzene rings is 2. The number of rotatable bonds is 9. The van der Waals surface area contributed by atoms with Gasteiger partial charge in [0.05, 0.1) is 5.75 Å². The molecule has 7 heteroatoms. The molecule has 0 unspecified atom stereocenters. The molecule has 1 amide bonds. The third-order valence-corrected chi connectivity index (χ3v) is 5.61. The molecule has 0 saturated heterocycles. The minimum atomic E-state index is -0.0118. The second-order valence-corrected chi connectivity index (χ2v) is 7.78. The van der Waals surface area contributed by atoms with Crippen molar-refractivity contribution in [1.29, 1.82) is 0 Å². The molecule has 1 aromatic heterocycles. The second-order valence-electron chi connectivity index (χ2n) is 6.84. The first kappa shape index (κ1) is 20.9. The summed E-state index contributed by atoms with van der Waals surface area (Å²) in [5, 5.41) is 12.0. The van der Waals surface area contributed by atoms with Crippen molar-refractivity contribution in [3.63, 3.8) is 0 Å². The van der Waals surface area contributed by atoms with E-state index in [9.17, 15) is 4.79 Å². The Kier molecular flexibility index (Phi) is 7.30. The van der Waals surface area contributed by atoms with E-state index >= 15 is 0 Å². The maximum atomic E-state index is 12.1. The van der Waals surface area contributed by atoms with Gasteiger partial charge in [-0.1, -0.05) is 60.3 Å². The van der Waals surface area contributed by atoms with E-state index in [1.54, 1.807) is 0 Å². The van der Waals surface area contributed by atoms with Crippen LogP contribution in [0.1, 0.15) is 22.5 Å². The van der Waals surface area contributed by atoms with Crippen molar-refractivity contribution in [2.75, 3.05) is 12.3 Å². The molecule has 29 heavy (non-hydrogen) atoms. The Bertz CT molecular complexity index is 936. The number of ether oxygens (including phenoxy) is 1. The fraction of sp³-hybridized carbons (Fsp3) is 0.318. The summed E-state index contributed by atoms with van der Waals surface area (Å²) in [6, 6.07) is 16.2. The lowest BCUT2D eigenvalue weighted by Gasteiger charge is -2.11. The van der Waals surface area contributed by atoms with Crippen molar-refractivity contribution in [2.45, 2.75) is 32.0 Å². The van der Waals surface area contributed by atoms with Crippen LogP contribution < -0.4 is 10.1 Å². The van der Waals surface area contributed by atoms with E-state index in [-0.39, 0.29) is 5.91 Å². The van der Waals surface area contributed by atoms with Crippen molar-refractivity contribution in [1.82, 2.24) is 20.1 Å². The van der Waals surface area contributed by atoms with Crippen molar-refractivity contribution < 1.29 is 9.53 Å². The maximum Gasteiger partial charge on any atom is 0.230 e. The predicted molar refractivity (Wildman–Crippen MR) is 115 cm³/mol. The molecule has 1 N–H and O–H groups in total. The number of thioether (sulfide) groups is 1. The van der Waals surface area contributed by atoms with Crippen LogP contribution in [-0.2, 0) is 24.9 Å². The zero-order chi connectivity index (χ0) is 20.6. The Hall–Kier alpha value is -2.80. The quantitative estimate of drug-likeness (QED) is 0.547. The minimum Gasteiger partial charge on any atom is -0.485 e. The highest BCUT2D eigenvalue weighted by molar-refractivity contribution is 7.99. The Labute approximate surface area is 175 Å². The van der Waals surface area contributed by atoms with Gasteiger partial charge in [-0.25, -0.2) is 0 Å². The highest BCUT2D eigenvalue weighted by Crippen LogP contribution is 2.23. The Morgan fingerprint density at radius 1 is 1.07 bits per heavy atom. The standard InChI is InChI=1S/C22H26N4O2S/c1-16-8-7-9-17(2)21(16)28-14-19-24-25-22(26(19)3)29-15-20(27)23-13-12-18-10-5-4-6-11-18/h4-11H,12-15H2,1-3H3,(H,23,27). The summed E-state index contributed by atoms with van der Waals surface area (Å²) in [6.45, 7) is 5.00. The molecule has 0 atom stereocenters. The van der Waals surface area contributed by atoms with E-state index in [2.05, 4.69) is 27.6 Å². The molecule has 0 saturated carbocycles. The summed E-state index contributed by atoms with van der Waals surface area (Å²) >= 11 is 1.37. The van der Waals surface area contributed by atoms with Gasteiger partial charge < -0.3 is 14.6 Å². The van der Waals surface area contributed by atoms with Crippen LogP contribution in [0, 0.1) is 13.8 Å². The van der Waals surface area contributed by atoms with E-state index in [0.29, 0.717) is 24.1 Å². The lowest BCUT2D eigenvalue weighted by molar-refractivity contribution is -0.118. The Morgan fingerprint density at radius 3 is 2.52 bits per heavy atom. The number of aromatic nitrogens is 3. The van der Waals surface area contributed by atoms with Crippen molar-refractivity contribution in [2.24, 2.45) is 7.05 Å². The van der Waals surface area contributed by atoms with Crippen LogP contribution in [0.2, 0.25) is 0 Å². The van der Waals surface area contributed by atoms with Crippen LogP contribution in [0.15, 0.2) is 53.7 Å². The number of nitrogens with zero attached hydrogens (tertiary/aromatic N) is 3. The molecule has 3 rings (SSSR count). The SMILES string of the molecule is Cc1cccc(C)c1OCc1nnc(SCC(=O)NCCc2ccccc2)n1C. The molecular formula is C22H26N4O2S. The summed E-state index contributed by atoms with van der Waals surface area (Å²) in [5.41, 5.74) is 3.39. The first-order valence-electron chi connectivity index (χ1n) is 9.55. The molecule has 6 nitrogen and oxygen atoms in total. The second kappa shape index (κ2) is 10.1. The van der Waals surface area contributed by atoms with E-state index in [1.807, 2.05) is 61.9 Å². The fourth-order valence-electron chi connectivity index (χ4n) is 2.93. The first-order chi connectivity index (χ1) is 14.0. The molecule has 0 aliphatic rings. The van der Waals surface area contributed by atoms with Gasteiger partial charge in [0.1, 0.15) is 12.4 Å². The summed E-state index contributed by atoms with van der Waals surface area (Å²) in [6.07, 6.45) is 0.820. The number of para-hydroxylation sites is 1. The summed E-state index contributed by atoms with van der Waals surface area (Å²) < 4.78 is 7.83. The van der Waals surface area contributed by atoms with Gasteiger partial charge in [0.15, 0.2) is 11.0 Å². The van der Waals surface area contributed by atoms with E-state index in [1.165, 1.54) is 17.3 Å². The number of amides is 1. The zero-order valence-electron chi connectivity index (χ0n) is 17.0. The highest BCUT2D eigenvalue weighted by atomic mass is 32.2. The third-order valence-electron chi connectivity index (χ3n) is 4.59. The van der Waals surface area contributed by atoms with E-state index < -0.39 is 0 Å². The lowest BCUT2D eigenvalue weighted by atomic mass is 10.1. The molecule has 3 aromatic rings. The van der Waals surface area contributed by atoms with Gasteiger partial charge in [-0.3, -0.25) is 4.79 Å². The summed E-state index contributed by atoms with van der Waals surface area (Å²) in [5.74, 6) is 1.89. The number of aryl methyl sites for hydroxylation is 2. The van der Waals surface area contributed by atoms with Crippen LogP contribution in [0.4, 0.5) is 0 Å². The van der Waals surface area contributed by atoms with Crippen LogP contribution in [0.3, 0.4) is 0 Å². The molecule has 1 heterocycles. The Morgan fingerprint density at radius 2 is 1.79 bits per heavy atom. The van der Waals surface area contributed by atoms with Gasteiger partial charge in [0.2, 0.25) is 5.91 Å². The first-order valence-corrected chi connectivity index (χ1v) is 10.5. The average molecular weight is 411 g/mol. The molecule has 152 valence electrons. The van der Waals surface area contributed by atoms with Crippen molar-refractivity contribution in [3.05, 3.63) is 71.0 Å². The molecule has 0 aliphatic carbocycles. The summed E-state index contributed by atoms with van der Waals surface area (Å²) in [4.78, 5) is 12.1. The van der Waals surface area contributed by atoms with Gasteiger partial charge in [0.25, 0.3) is 0 Å². The molecular weight excluding hydrogens is 384 g/mol. The highest BCUT2D eigenvalue weighted by Gasteiger charge is 2.13. The van der Waals surface area contributed by atoms with Gasteiger partial charge in [-0.05, 0) is 37.0 Å². The number of carbonyl (C=O) groups excluding carboxylic acids is 1. The van der Waals surface area contributed by atoms with Crippen LogP contribution in [0.25, 0.3) is 0 Å². The average Bonchev–Trinajstić information content (AvgIpc) is 3.06. The smallest absolute Gasteiger partial charge is 0.230 e. The lowest BCUT2D eigenvalue weighted by Crippen LogP contribution is -2.27. The molecule has 0 bridgehead atoms. The Balaban J connectivity index is 1.46. The van der Waals surface area contributed by atoms with Gasteiger partial charge in [-0.15, -0.1) is 10.2 Å². The van der Waals surface area contributed by atoms with Gasteiger partial charge >= 0.3 is 0 Å². The third kappa shape index (κ3) is 5.84. The molecule has 0 spiro atoms. The monoisotopic (exact) mass is 410 g/mol. The number of nitrogens with one attached hydrogen (secondary N) is 1. The van der Waals surface area contributed by atoms with Gasteiger partial charge in [-0.2, -0.15) is 0 Å². The molecule has 0 fully saturated rings. The molecule has 0 radical (unpaired) electrons. The van der Waals surface area contributed by atoms with Crippen LogP contribution >= 0.6 is 11.8 Å². The number of hydrogen-bond acceptors (Lipinski definition) is 5. The van der Waals surface area contributed by atoms with Crippen LogP contribution in [-0.4, -0.2) is 33.0 Å². The van der Waals surface area contributed by atoms with Crippen molar-refractivity contribution >= 4 is 17.7 Å². The van der Waals surface area contributed by atoms with E-state index in [0.717, 1.165) is 29.1 Å². The summed E-state index contributed by atoms with van der Waals surface area (Å²) in [7, 11) is 1.89. The van der Waals surface area contributed by atoms with Crippen LogP contribution in [0.5, 0.6) is 5.75 Å². The zero-order valence-corrected chi connectivity index (χ0v) is 17.8. The number of carbonyl (C=O) groups is 1. The normalized spacial score (nSPS) is 10.7. The van der Waals surface area contributed by atoms with Crippen molar-refractivity contribution in [3.8, 4) is 5.75 Å². The maximum absolute atomic E-state index is 12.1. The number of hydrogen-bond donors (Lipinski definition) is 1. The molecule has 2 aromatic carbocycles. The largest absolute Gasteiger partial charge is 0.485 e. The van der Waals surface area contributed by atoms with Gasteiger partial charge in [0, 0.05) is 13.6 Å². The fourth-order valence-corrected chi connectivity index (χ4v) is 3.69. The topological polar surface area (TPSA) is 69.0 Å². The minimum absolute atomic E-state index is 0.0118. The van der Waals surface area contributed by atoms with E-state index in [4.69, 9.17) is 4.74 Å². The predicted octanol–water partition coefficient (Wildman–Crippen LogP) is 3.46. The molecule has 0 aliphatic heterocycles.